The number of aromatic nitrogens is 3. The largest absolute Gasteiger partial charge is 0.345 e. The average Bonchev–Trinajstić information content (AvgIpc) is 2.93. The van der Waals surface area contributed by atoms with Crippen molar-refractivity contribution in [2.75, 3.05) is 0 Å². The summed E-state index contributed by atoms with van der Waals surface area (Å²) in [7, 11) is -3.71. The number of benzene rings is 1. The number of aryl methyl sites for hydroxylation is 1. The molecule has 9 heteroatoms. The fraction of sp³-hybridized carbons (Fsp3) is 0.250. The van der Waals surface area contributed by atoms with E-state index in [9.17, 15) is 13.2 Å². The van der Waals surface area contributed by atoms with Crippen molar-refractivity contribution in [2.45, 2.75) is 24.8 Å². The van der Waals surface area contributed by atoms with E-state index in [1.165, 1.54) is 12.1 Å². The van der Waals surface area contributed by atoms with Crippen molar-refractivity contribution in [1.29, 1.82) is 0 Å². The van der Waals surface area contributed by atoms with E-state index in [-0.39, 0.29) is 17.3 Å². The topological polar surface area (TPSA) is 131 Å². The van der Waals surface area contributed by atoms with Crippen LogP contribution in [0.1, 0.15) is 28.9 Å². The van der Waals surface area contributed by atoms with E-state index in [0.29, 0.717) is 12.2 Å². The Hall–Kier alpha value is -2.26. The molecule has 0 spiro atoms. The summed E-state index contributed by atoms with van der Waals surface area (Å²) in [6.07, 6.45) is 0.662. The molecule has 112 valence electrons. The smallest absolute Gasteiger partial charge is 0.291 e. The van der Waals surface area contributed by atoms with Gasteiger partial charge in [0.1, 0.15) is 5.82 Å². The molecule has 1 heterocycles. The summed E-state index contributed by atoms with van der Waals surface area (Å²) in [4.78, 5) is 15.8. The fourth-order valence-electron chi connectivity index (χ4n) is 1.61. The zero-order valence-corrected chi connectivity index (χ0v) is 12.1. The van der Waals surface area contributed by atoms with Crippen molar-refractivity contribution in [1.82, 2.24) is 20.5 Å². The maximum atomic E-state index is 11.8. The summed E-state index contributed by atoms with van der Waals surface area (Å²) < 4.78 is 22.2. The number of amides is 1. The maximum Gasteiger partial charge on any atom is 0.291 e. The van der Waals surface area contributed by atoms with Gasteiger partial charge in [0.15, 0.2) is 0 Å². The number of nitrogens with zero attached hydrogens (tertiary/aromatic N) is 2. The molecular formula is C12H15N5O3S. The van der Waals surface area contributed by atoms with Crippen LogP contribution in [0, 0.1) is 0 Å². The molecule has 0 aliphatic carbocycles. The Morgan fingerprint density at radius 2 is 2.00 bits per heavy atom. The lowest BCUT2D eigenvalue weighted by molar-refractivity contribution is 0.0941. The van der Waals surface area contributed by atoms with E-state index in [1.54, 1.807) is 12.1 Å². The van der Waals surface area contributed by atoms with Gasteiger partial charge in [0.05, 0.1) is 4.90 Å². The number of carbonyl (C=O) groups is 1. The number of nitrogens with two attached hydrogens (primary N) is 1. The predicted octanol–water partition coefficient (Wildman–Crippen LogP) is -0.0555. The first-order valence-electron chi connectivity index (χ1n) is 6.21. The van der Waals surface area contributed by atoms with Crippen LogP contribution in [-0.2, 0) is 23.0 Å². The van der Waals surface area contributed by atoms with Crippen LogP contribution in [0.2, 0.25) is 0 Å². The SMILES string of the molecule is CCc1nc(C(=O)NCc2ccc(S(N)(=O)=O)cc2)n[nH]1. The standard InChI is InChI=1S/C12H15N5O3S/c1-2-10-15-11(17-16-10)12(18)14-7-8-3-5-9(6-4-8)21(13,19)20/h3-6H,2,7H2,1H3,(H,14,18)(H2,13,19,20)(H,15,16,17). The van der Waals surface area contributed by atoms with E-state index in [4.69, 9.17) is 5.14 Å². The summed E-state index contributed by atoms with van der Waals surface area (Å²) >= 11 is 0. The van der Waals surface area contributed by atoms with Crippen molar-refractivity contribution < 1.29 is 13.2 Å². The minimum atomic E-state index is -3.71. The number of hydrogen-bond donors (Lipinski definition) is 3. The molecule has 4 N–H and O–H groups in total. The van der Waals surface area contributed by atoms with Gasteiger partial charge in [-0.2, -0.15) is 0 Å². The highest BCUT2D eigenvalue weighted by molar-refractivity contribution is 7.89. The fourth-order valence-corrected chi connectivity index (χ4v) is 2.13. The van der Waals surface area contributed by atoms with Crippen molar-refractivity contribution in [3.63, 3.8) is 0 Å². The zero-order valence-electron chi connectivity index (χ0n) is 11.3. The zero-order chi connectivity index (χ0) is 15.5. The minimum absolute atomic E-state index is 0.0270. The monoisotopic (exact) mass is 309 g/mol. The van der Waals surface area contributed by atoms with Gasteiger partial charge in [-0.15, -0.1) is 5.10 Å². The summed E-state index contributed by atoms with van der Waals surface area (Å²) in [5, 5.41) is 14.1. The van der Waals surface area contributed by atoms with Gasteiger partial charge < -0.3 is 5.32 Å². The number of nitrogens with one attached hydrogen (secondary N) is 2. The van der Waals surface area contributed by atoms with Gasteiger partial charge in [-0.1, -0.05) is 19.1 Å². The van der Waals surface area contributed by atoms with Crippen molar-refractivity contribution in [3.05, 3.63) is 41.5 Å². The molecule has 0 bridgehead atoms. The van der Waals surface area contributed by atoms with Gasteiger partial charge in [-0.25, -0.2) is 18.5 Å². The maximum absolute atomic E-state index is 11.8. The highest BCUT2D eigenvalue weighted by Gasteiger charge is 2.12. The first kappa shape index (κ1) is 15.1. The van der Waals surface area contributed by atoms with Crippen LogP contribution in [0.15, 0.2) is 29.2 Å². The normalized spacial score (nSPS) is 11.3. The van der Waals surface area contributed by atoms with Crippen LogP contribution in [0.25, 0.3) is 0 Å². The summed E-state index contributed by atoms with van der Waals surface area (Å²) in [5.74, 6) is 0.312. The predicted molar refractivity (Wildman–Crippen MR) is 74.7 cm³/mol. The van der Waals surface area contributed by atoms with E-state index in [0.717, 1.165) is 5.56 Å². The minimum Gasteiger partial charge on any atom is -0.345 e. The second kappa shape index (κ2) is 6.02. The second-order valence-electron chi connectivity index (χ2n) is 4.33. The third-order valence-corrected chi connectivity index (χ3v) is 3.70. The summed E-state index contributed by atoms with van der Waals surface area (Å²) in [6.45, 7) is 2.13. The number of aromatic amines is 1. The number of primary sulfonamides is 1. The average molecular weight is 309 g/mol. The number of hydrogen-bond acceptors (Lipinski definition) is 5. The molecule has 0 unspecified atom stereocenters. The van der Waals surface area contributed by atoms with Gasteiger partial charge in [-0.3, -0.25) is 9.89 Å². The van der Waals surface area contributed by atoms with Gasteiger partial charge in [0.25, 0.3) is 5.91 Å². The Kier molecular flexibility index (Phi) is 4.34. The van der Waals surface area contributed by atoms with Crippen LogP contribution in [0.5, 0.6) is 0 Å². The highest BCUT2D eigenvalue weighted by Crippen LogP contribution is 2.08. The van der Waals surface area contributed by atoms with E-state index >= 15 is 0 Å². The number of carbonyl (C=O) groups excluding carboxylic acids is 1. The second-order valence-corrected chi connectivity index (χ2v) is 5.89. The van der Waals surface area contributed by atoms with Crippen LogP contribution >= 0.6 is 0 Å². The molecule has 0 saturated carbocycles. The van der Waals surface area contributed by atoms with E-state index in [2.05, 4.69) is 20.5 Å². The summed E-state index contributed by atoms with van der Waals surface area (Å²) in [5.41, 5.74) is 0.738. The van der Waals surface area contributed by atoms with E-state index in [1.807, 2.05) is 6.92 Å². The molecule has 0 aliphatic rings. The highest BCUT2D eigenvalue weighted by atomic mass is 32.2. The Balaban J connectivity index is 1.98. The Bertz CT molecular complexity index is 737. The molecule has 0 atom stereocenters. The molecular weight excluding hydrogens is 294 g/mol. The number of rotatable bonds is 5. The molecule has 1 aromatic carbocycles. The quantitative estimate of drug-likeness (QED) is 0.712. The first-order valence-corrected chi connectivity index (χ1v) is 7.76. The third-order valence-electron chi connectivity index (χ3n) is 2.77. The first-order chi connectivity index (χ1) is 9.90. The summed E-state index contributed by atoms with van der Waals surface area (Å²) in [6, 6.07) is 5.93. The lowest BCUT2D eigenvalue weighted by Gasteiger charge is -2.04. The Morgan fingerprint density at radius 1 is 1.33 bits per heavy atom. The number of H-pyrrole nitrogens is 1. The van der Waals surface area contributed by atoms with Crippen LogP contribution in [-0.4, -0.2) is 29.5 Å². The Morgan fingerprint density at radius 3 is 2.52 bits per heavy atom. The molecule has 21 heavy (non-hydrogen) atoms. The van der Waals surface area contributed by atoms with Crippen molar-refractivity contribution in [2.24, 2.45) is 5.14 Å². The molecule has 1 aromatic heterocycles. The van der Waals surface area contributed by atoms with Gasteiger partial charge in [0, 0.05) is 13.0 Å². The van der Waals surface area contributed by atoms with Gasteiger partial charge >= 0.3 is 0 Å². The van der Waals surface area contributed by atoms with Gasteiger partial charge in [-0.05, 0) is 17.7 Å². The van der Waals surface area contributed by atoms with Crippen molar-refractivity contribution in [3.8, 4) is 0 Å². The van der Waals surface area contributed by atoms with Crippen LogP contribution in [0.3, 0.4) is 0 Å². The molecule has 0 saturated heterocycles. The molecule has 0 fully saturated rings. The van der Waals surface area contributed by atoms with Crippen LogP contribution < -0.4 is 10.5 Å². The third kappa shape index (κ3) is 3.86. The molecule has 2 rings (SSSR count). The molecule has 1 amide bonds. The molecule has 0 aliphatic heterocycles. The number of sulfonamides is 1. The van der Waals surface area contributed by atoms with Crippen molar-refractivity contribution >= 4 is 15.9 Å². The Labute approximate surface area is 121 Å². The lowest BCUT2D eigenvalue weighted by Crippen LogP contribution is -2.24. The van der Waals surface area contributed by atoms with E-state index < -0.39 is 15.9 Å². The molecule has 8 nitrogen and oxygen atoms in total. The molecule has 2 aromatic rings. The van der Waals surface area contributed by atoms with Gasteiger partial charge in [0.2, 0.25) is 15.8 Å². The van der Waals surface area contributed by atoms with Crippen LogP contribution in [0.4, 0.5) is 0 Å². The molecule has 0 radical (unpaired) electrons. The lowest BCUT2D eigenvalue weighted by atomic mass is 10.2.